The monoisotopic (exact) mass is 381 g/mol. The predicted molar refractivity (Wildman–Crippen MR) is 109 cm³/mol. The molecule has 0 radical (unpaired) electrons. The molecular formula is C20H23N5OS. The number of aryl methyl sites for hydroxylation is 2. The van der Waals surface area contributed by atoms with Gasteiger partial charge in [-0.1, -0.05) is 36.9 Å². The molecule has 0 fully saturated rings. The van der Waals surface area contributed by atoms with Crippen molar-refractivity contribution in [2.75, 3.05) is 5.32 Å². The summed E-state index contributed by atoms with van der Waals surface area (Å²) < 4.78 is 1.91. The molecule has 0 bridgehead atoms. The summed E-state index contributed by atoms with van der Waals surface area (Å²) in [5.74, 6) is 0.735. The number of carbonyl (C=O) groups is 1. The predicted octanol–water partition coefficient (Wildman–Crippen LogP) is 4.00. The second-order valence-corrected chi connectivity index (χ2v) is 7.54. The molecule has 2 heterocycles. The molecule has 0 spiro atoms. The lowest BCUT2D eigenvalue weighted by Crippen LogP contribution is -2.25. The minimum Gasteiger partial charge on any atom is -0.325 e. The van der Waals surface area contributed by atoms with Crippen LogP contribution in [0.4, 0.5) is 5.69 Å². The highest BCUT2D eigenvalue weighted by molar-refractivity contribution is 8.00. The SMILES string of the molecule is CC[C@@H](Sc1nnc(-c2ccncc2)n1C)C(=O)Nc1c(C)cccc1C. The second kappa shape index (κ2) is 8.35. The van der Waals surface area contributed by atoms with Crippen LogP contribution in [0.25, 0.3) is 11.4 Å². The Morgan fingerprint density at radius 2 is 1.81 bits per heavy atom. The van der Waals surface area contributed by atoms with E-state index in [0.29, 0.717) is 11.6 Å². The lowest BCUT2D eigenvalue weighted by Gasteiger charge is -2.17. The van der Waals surface area contributed by atoms with Gasteiger partial charge in [0.25, 0.3) is 0 Å². The van der Waals surface area contributed by atoms with Crippen molar-refractivity contribution in [3.63, 3.8) is 0 Å². The molecule has 2 aromatic heterocycles. The third kappa shape index (κ3) is 4.19. The maximum Gasteiger partial charge on any atom is 0.237 e. The molecule has 0 saturated carbocycles. The van der Waals surface area contributed by atoms with Gasteiger partial charge in [-0.15, -0.1) is 10.2 Å². The number of carbonyl (C=O) groups excluding carboxylic acids is 1. The van der Waals surface area contributed by atoms with Gasteiger partial charge in [0, 0.05) is 30.7 Å². The van der Waals surface area contributed by atoms with Crippen LogP contribution in [0.15, 0.2) is 47.9 Å². The Morgan fingerprint density at radius 3 is 2.44 bits per heavy atom. The van der Waals surface area contributed by atoms with Gasteiger partial charge in [-0.05, 0) is 43.5 Å². The molecule has 7 heteroatoms. The summed E-state index contributed by atoms with van der Waals surface area (Å²) in [5.41, 5.74) is 3.94. The molecule has 1 aromatic carbocycles. The van der Waals surface area contributed by atoms with Crippen molar-refractivity contribution in [1.29, 1.82) is 0 Å². The van der Waals surface area contributed by atoms with E-state index in [1.807, 2.05) is 62.7 Å². The van der Waals surface area contributed by atoms with Crippen LogP contribution in [0.3, 0.4) is 0 Å². The van der Waals surface area contributed by atoms with Crippen molar-refractivity contribution in [3.05, 3.63) is 53.9 Å². The summed E-state index contributed by atoms with van der Waals surface area (Å²) in [7, 11) is 1.91. The Kier molecular flexibility index (Phi) is 5.91. The number of pyridine rings is 1. The first-order chi connectivity index (χ1) is 13.0. The van der Waals surface area contributed by atoms with Crippen molar-refractivity contribution in [2.45, 2.75) is 37.6 Å². The zero-order chi connectivity index (χ0) is 19.4. The summed E-state index contributed by atoms with van der Waals surface area (Å²) in [4.78, 5) is 16.9. The summed E-state index contributed by atoms with van der Waals surface area (Å²) >= 11 is 1.43. The minimum atomic E-state index is -0.253. The summed E-state index contributed by atoms with van der Waals surface area (Å²) in [6, 6.07) is 9.78. The number of thioether (sulfide) groups is 1. The third-order valence-electron chi connectivity index (χ3n) is 4.41. The molecule has 1 amide bonds. The van der Waals surface area contributed by atoms with Crippen molar-refractivity contribution in [1.82, 2.24) is 19.7 Å². The molecular weight excluding hydrogens is 358 g/mol. The zero-order valence-electron chi connectivity index (χ0n) is 15.9. The molecule has 0 aliphatic heterocycles. The highest BCUT2D eigenvalue weighted by atomic mass is 32.2. The van der Waals surface area contributed by atoms with Crippen molar-refractivity contribution >= 4 is 23.4 Å². The number of hydrogen-bond donors (Lipinski definition) is 1. The molecule has 1 N–H and O–H groups in total. The maximum absolute atomic E-state index is 12.8. The molecule has 0 aliphatic rings. The smallest absolute Gasteiger partial charge is 0.237 e. The number of rotatable bonds is 6. The Bertz CT molecular complexity index is 919. The van der Waals surface area contributed by atoms with Crippen molar-refractivity contribution in [3.8, 4) is 11.4 Å². The van der Waals surface area contributed by atoms with Gasteiger partial charge >= 0.3 is 0 Å². The first kappa shape index (κ1) is 19.1. The number of nitrogens with zero attached hydrogens (tertiary/aromatic N) is 4. The van der Waals surface area contributed by atoms with Crippen LogP contribution >= 0.6 is 11.8 Å². The molecule has 27 heavy (non-hydrogen) atoms. The lowest BCUT2D eigenvalue weighted by molar-refractivity contribution is -0.115. The van der Waals surface area contributed by atoms with E-state index in [0.717, 1.165) is 28.2 Å². The van der Waals surface area contributed by atoms with Gasteiger partial charge in [-0.3, -0.25) is 9.78 Å². The molecule has 0 aliphatic carbocycles. The fourth-order valence-corrected chi connectivity index (χ4v) is 3.75. The standard InChI is InChI=1S/C20H23N5OS/c1-5-16(19(26)22-17-13(2)7-6-8-14(17)3)27-20-24-23-18(25(20)4)15-9-11-21-12-10-15/h6-12,16H,5H2,1-4H3,(H,22,26)/t16-/m1/s1. The van der Waals surface area contributed by atoms with E-state index in [4.69, 9.17) is 0 Å². The molecule has 6 nitrogen and oxygen atoms in total. The molecule has 3 aromatic rings. The number of nitrogens with one attached hydrogen (secondary N) is 1. The summed E-state index contributed by atoms with van der Waals surface area (Å²) in [5, 5.41) is 12.1. The van der Waals surface area contributed by atoms with E-state index < -0.39 is 0 Å². The van der Waals surface area contributed by atoms with E-state index in [1.54, 1.807) is 12.4 Å². The third-order valence-corrected chi connectivity index (χ3v) is 5.81. The minimum absolute atomic E-state index is 0.0200. The van der Waals surface area contributed by atoms with E-state index in [1.165, 1.54) is 11.8 Å². The van der Waals surface area contributed by atoms with Crippen LogP contribution in [0.1, 0.15) is 24.5 Å². The second-order valence-electron chi connectivity index (χ2n) is 6.37. The van der Waals surface area contributed by atoms with Crippen LogP contribution in [0, 0.1) is 13.8 Å². The van der Waals surface area contributed by atoms with Gasteiger partial charge < -0.3 is 9.88 Å². The number of amides is 1. The Labute approximate surface area is 163 Å². The normalized spacial score (nSPS) is 12.0. The Morgan fingerprint density at radius 1 is 1.15 bits per heavy atom. The number of benzene rings is 1. The highest BCUT2D eigenvalue weighted by Crippen LogP contribution is 2.28. The van der Waals surface area contributed by atoms with Crippen LogP contribution in [0.2, 0.25) is 0 Å². The fourth-order valence-electron chi connectivity index (χ4n) is 2.83. The number of hydrogen-bond acceptors (Lipinski definition) is 5. The van der Waals surface area contributed by atoms with E-state index in [-0.39, 0.29) is 11.2 Å². The van der Waals surface area contributed by atoms with Gasteiger partial charge in [0.15, 0.2) is 11.0 Å². The lowest BCUT2D eigenvalue weighted by atomic mass is 10.1. The maximum atomic E-state index is 12.8. The number of para-hydroxylation sites is 1. The molecule has 0 unspecified atom stereocenters. The highest BCUT2D eigenvalue weighted by Gasteiger charge is 2.22. The molecule has 140 valence electrons. The van der Waals surface area contributed by atoms with Crippen LogP contribution in [-0.4, -0.2) is 30.9 Å². The van der Waals surface area contributed by atoms with E-state index in [2.05, 4.69) is 20.5 Å². The van der Waals surface area contributed by atoms with Crippen LogP contribution in [0.5, 0.6) is 0 Å². The zero-order valence-corrected chi connectivity index (χ0v) is 16.7. The first-order valence-electron chi connectivity index (χ1n) is 8.84. The topological polar surface area (TPSA) is 72.7 Å². The molecule has 3 rings (SSSR count). The van der Waals surface area contributed by atoms with Gasteiger partial charge in [-0.2, -0.15) is 0 Å². The average Bonchev–Trinajstić information content (AvgIpc) is 3.03. The van der Waals surface area contributed by atoms with Crippen LogP contribution < -0.4 is 5.32 Å². The van der Waals surface area contributed by atoms with Gasteiger partial charge in [0.1, 0.15) is 0 Å². The van der Waals surface area contributed by atoms with Crippen LogP contribution in [-0.2, 0) is 11.8 Å². The Balaban J connectivity index is 1.77. The van der Waals surface area contributed by atoms with Gasteiger partial charge in [-0.25, -0.2) is 0 Å². The van der Waals surface area contributed by atoms with Crippen molar-refractivity contribution < 1.29 is 4.79 Å². The molecule has 1 atom stereocenters. The summed E-state index contributed by atoms with van der Waals surface area (Å²) in [6.07, 6.45) is 4.15. The van der Waals surface area contributed by atoms with Gasteiger partial charge in [0.2, 0.25) is 5.91 Å². The largest absolute Gasteiger partial charge is 0.325 e. The molecule has 0 saturated heterocycles. The number of anilines is 1. The van der Waals surface area contributed by atoms with E-state index in [9.17, 15) is 4.79 Å². The van der Waals surface area contributed by atoms with Crippen molar-refractivity contribution in [2.24, 2.45) is 7.05 Å². The average molecular weight is 382 g/mol. The van der Waals surface area contributed by atoms with E-state index >= 15 is 0 Å². The fraction of sp³-hybridized carbons (Fsp3) is 0.300. The Hall–Kier alpha value is -2.67. The quantitative estimate of drug-likeness (QED) is 0.653. The van der Waals surface area contributed by atoms with Gasteiger partial charge in [0.05, 0.1) is 5.25 Å². The summed E-state index contributed by atoms with van der Waals surface area (Å²) in [6.45, 7) is 6.00. The first-order valence-corrected chi connectivity index (χ1v) is 9.72. The number of aromatic nitrogens is 4.